The summed E-state index contributed by atoms with van der Waals surface area (Å²) in [6, 6.07) is 13.0. The van der Waals surface area contributed by atoms with E-state index in [9.17, 15) is 4.79 Å². The highest BCUT2D eigenvalue weighted by Crippen LogP contribution is 2.21. The van der Waals surface area contributed by atoms with E-state index in [0.29, 0.717) is 16.4 Å². The standard InChI is InChI=1S/C18H17ClN4O/c1-11-6-4-7-12(2)16(11)20-18(24)17-13(3)21-23(22-17)15-9-5-8-14(19)10-15/h4-10H,1-3H3,(H,20,24). The molecule has 1 heterocycles. The molecule has 0 bridgehead atoms. The van der Waals surface area contributed by atoms with E-state index >= 15 is 0 Å². The first-order valence-electron chi connectivity index (χ1n) is 7.53. The van der Waals surface area contributed by atoms with E-state index < -0.39 is 0 Å². The lowest BCUT2D eigenvalue weighted by Gasteiger charge is -2.10. The van der Waals surface area contributed by atoms with Crippen LogP contribution in [0.3, 0.4) is 0 Å². The Morgan fingerprint density at radius 3 is 2.38 bits per heavy atom. The van der Waals surface area contributed by atoms with Crippen molar-refractivity contribution in [2.24, 2.45) is 0 Å². The van der Waals surface area contributed by atoms with Crippen LogP contribution in [0.15, 0.2) is 42.5 Å². The Bertz CT molecular complexity index is 897. The Kier molecular flexibility index (Phi) is 4.36. The summed E-state index contributed by atoms with van der Waals surface area (Å²) in [5.41, 5.74) is 4.36. The molecule has 1 aromatic heterocycles. The number of para-hydroxylation sites is 1. The number of carbonyl (C=O) groups is 1. The van der Waals surface area contributed by atoms with Gasteiger partial charge in [-0.2, -0.15) is 9.90 Å². The first-order chi connectivity index (χ1) is 11.5. The summed E-state index contributed by atoms with van der Waals surface area (Å²) in [6.07, 6.45) is 0. The summed E-state index contributed by atoms with van der Waals surface area (Å²) in [7, 11) is 0. The number of hydrogen-bond donors (Lipinski definition) is 1. The molecule has 0 saturated heterocycles. The number of halogens is 1. The van der Waals surface area contributed by atoms with Crippen LogP contribution in [0.1, 0.15) is 27.3 Å². The number of anilines is 1. The molecule has 3 rings (SSSR count). The van der Waals surface area contributed by atoms with Crippen LogP contribution < -0.4 is 5.32 Å². The van der Waals surface area contributed by atoms with Gasteiger partial charge in [0.15, 0.2) is 5.69 Å². The van der Waals surface area contributed by atoms with E-state index in [4.69, 9.17) is 11.6 Å². The van der Waals surface area contributed by atoms with Crippen LogP contribution in [0.5, 0.6) is 0 Å². The highest BCUT2D eigenvalue weighted by molar-refractivity contribution is 6.30. The lowest BCUT2D eigenvalue weighted by Crippen LogP contribution is -2.15. The molecular formula is C18H17ClN4O. The molecule has 0 unspecified atom stereocenters. The molecular weight excluding hydrogens is 324 g/mol. The molecule has 1 amide bonds. The average Bonchev–Trinajstić information content (AvgIpc) is 2.93. The van der Waals surface area contributed by atoms with Crippen molar-refractivity contribution >= 4 is 23.2 Å². The molecule has 2 aromatic carbocycles. The third-order valence-electron chi connectivity index (χ3n) is 3.76. The van der Waals surface area contributed by atoms with Gasteiger partial charge >= 0.3 is 0 Å². The topological polar surface area (TPSA) is 59.8 Å². The predicted octanol–water partition coefficient (Wildman–Crippen LogP) is 4.10. The van der Waals surface area contributed by atoms with Crippen LogP contribution in [-0.2, 0) is 0 Å². The van der Waals surface area contributed by atoms with E-state index in [1.54, 1.807) is 19.1 Å². The molecule has 0 radical (unpaired) electrons. The van der Waals surface area contributed by atoms with Gasteiger partial charge in [-0.1, -0.05) is 35.9 Å². The zero-order valence-corrected chi connectivity index (χ0v) is 14.4. The fraction of sp³-hybridized carbons (Fsp3) is 0.167. The van der Waals surface area contributed by atoms with Crippen LogP contribution in [0.25, 0.3) is 5.69 Å². The van der Waals surface area contributed by atoms with Crippen molar-refractivity contribution in [2.45, 2.75) is 20.8 Å². The largest absolute Gasteiger partial charge is 0.320 e. The van der Waals surface area contributed by atoms with Gasteiger partial charge in [0.25, 0.3) is 5.91 Å². The zero-order valence-electron chi connectivity index (χ0n) is 13.7. The predicted molar refractivity (Wildman–Crippen MR) is 95.0 cm³/mol. The van der Waals surface area contributed by atoms with Gasteiger partial charge in [-0.15, -0.1) is 5.10 Å². The number of rotatable bonds is 3. The van der Waals surface area contributed by atoms with Crippen molar-refractivity contribution in [1.82, 2.24) is 15.0 Å². The number of benzene rings is 2. The zero-order chi connectivity index (χ0) is 17.3. The quantitative estimate of drug-likeness (QED) is 0.781. The van der Waals surface area contributed by atoms with E-state index in [1.807, 2.05) is 44.2 Å². The first kappa shape index (κ1) is 16.2. The van der Waals surface area contributed by atoms with Gasteiger partial charge in [-0.3, -0.25) is 4.79 Å². The minimum Gasteiger partial charge on any atom is -0.320 e. The van der Waals surface area contributed by atoms with Gasteiger partial charge in [0.05, 0.1) is 11.4 Å². The molecule has 1 N–H and O–H groups in total. The first-order valence-corrected chi connectivity index (χ1v) is 7.91. The summed E-state index contributed by atoms with van der Waals surface area (Å²) in [5.74, 6) is -0.279. The lowest BCUT2D eigenvalue weighted by atomic mass is 10.1. The number of aromatic nitrogens is 3. The Labute approximate surface area is 145 Å². The molecule has 122 valence electrons. The van der Waals surface area contributed by atoms with Gasteiger partial charge in [-0.05, 0) is 50.1 Å². The molecule has 0 spiro atoms. The Morgan fingerprint density at radius 1 is 1.04 bits per heavy atom. The van der Waals surface area contributed by atoms with Gasteiger partial charge in [0.2, 0.25) is 0 Å². The highest BCUT2D eigenvalue weighted by atomic mass is 35.5. The molecule has 0 aliphatic rings. The van der Waals surface area contributed by atoms with E-state index in [2.05, 4.69) is 15.5 Å². The minimum atomic E-state index is -0.279. The minimum absolute atomic E-state index is 0.279. The van der Waals surface area contributed by atoms with Crippen molar-refractivity contribution < 1.29 is 4.79 Å². The number of amides is 1. The molecule has 24 heavy (non-hydrogen) atoms. The molecule has 0 atom stereocenters. The third-order valence-corrected chi connectivity index (χ3v) is 3.99. The van der Waals surface area contributed by atoms with E-state index in [0.717, 1.165) is 16.8 Å². The Balaban J connectivity index is 1.91. The maximum atomic E-state index is 12.6. The fourth-order valence-corrected chi connectivity index (χ4v) is 2.67. The van der Waals surface area contributed by atoms with Crippen LogP contribution in [0.2, 0.25) is 5.02 Å². The van der Waals surface area contributed by atoms with Crippen LogP contribution in [-0.4, -0.2) is 20.9 Å². The summed E-state index contributed by atoms with van der Waals surface area (Å²) >= 11 is 6.00. The lowest BCUT2D eigenvalue weighted by molar-refractivity contribution is 0.102. The van der Waals surface area contributed by atoms with Crippen molar-refractivity contribution in [3.8, 4) is 5.69 Å². The van der Waals surface area contributed by atoms with Crippen LogP contribution in [0.4, 0.5) is 5.69 Å². The molecule has 5 nitrogen and oxygen atoms in total. The Morgan fingerprint density at radius 2 is 1.71 bits per heavy atom. The summed E-state index contributed by atoms with van der Waals surface area (Å²) < 4.78 is 0. The van der Waals surface area contributed by atoms with Crippen molar-refractivity contribution in [1.29, 1.82) is 0 Å². The molecule has 6 heteroatoms. The summed E-state index contributed by atoms with van der Waals surface area (Å²) in [5, 5.41) is 12.1. The normalized spacial score (nSPS) is 10.7. The van der Waals surface area contributed by atoms with Crippen molar-refractivity contribution in [3.63, 3.8) is 0 Å². The highest BCUT2D eigenvalue weighted by Gasteiger charge is 2.18. The van der Waals surface area contributed by atoms with E-state index in [1.165, 1.54) is 4.80 Å². The monoisotopic (exact) mass is 340 g/mol. The van der Waals surface area contributed by atoms with Crippen molar-refractivity contribution in [3.05, 3.63) is 70.0 Å². The molecule has 0 fully saturated rings. The van der Waals surface area contributed by atoms with Crippen LogP contribution >= 0.6 is 11.6 Å². The second-order valence-corrected chi connectivity index (χ2v) is 6.06. The summed E-state index contributed by atoms with van der Waals surface area (Å²) in [6.45, 7) is 5.67. The van der Waals surface area contributed by atoms with Gasteiger partial charge in [0.1, 0.15) is 0 Å². The number of nitrogens with zero attached hydrogens (tertiary/aromatic N) is 3. The molecule has 0 aliphatic carbocycles. The number of carbonyl (C=O) groups excluding carboxylic acids is 1. The van der Waals surface area contributed by atoms with Crippen molar-refractivity contribution in [2.75, 3.05) is 5.32 Å². The SMILES string of the molecule is Cc1cccc(C)c1NC(=O)c1nn(-c2cccc(Cl)c2)nc1C. The molecule has 0 saturated carbocycles. The van der Waals surface area contributed by atoms with Gasteiger partial charge < -0.3 is 5.32 Å². The van der Waals surface area contributed by atoms with Crippen LogP contribution in [0, 0.1) is 20.8 Å². The van der Waals surface area contributed by atoms with E-state index in [-0.39, 0.29) is 11.6 Å². The Hall–Kier alpha value is -2.66. The average molecular weight is 341 g/mol. The molecule has 0 aliphatic heterocycles. The smallest absolute Gasteiger partial charge is 0.278 e. The second kappa shape index (κ2) is 6.45. The summed E-state index contributed by atoms with van der Waals surface area (Å²) in [4.78, 5) is 14.0. The van der Waals surface area contributed by atoms with Gasteiger partial charge in [0, 0.05) is 10.7 Å². The fourth-order valence-electron chi connectivity index (χ4n) is 2.49. The maximum absolute atomic E-state index is 12.6. The number of hydrogen-bond acceptors (Lipinski definition) is 3. The maximum Gasteiger partial charge on any atom is 0.278 e. The second-order valence-electron chi connectivity index (χ2n) is 5.62. The number of aryl methyl sites for hydroxylation is 3. The molecule has 3 aromatic rings. The van der Waals surface area contributed by atoms with Gasteiger partial charge in [-0.25, -0.2) is 0 Å². The third kappa shape index (κ3) is 3.16. The number of nitrogens with one attached hydrogen (secondary N) is 1.